The molecule has 0 saturated carbocycles. The zero-order chi connectivity index (χ0) is 10.2. The Morgan fingerprint density at radius 3 is 2.57 bits per heavy atom. The molecule has 1 unspecified atom stereocenters. The van der Waals surface area contributed by atoms with Crippen molar-refractivity contribution in [3.8, 4) is 0 Å². The number of ether oxygens (including phenoxy) is 1. The van der Waals surface area contributed by atoms with E-state index in [4.69, 9.17) is 4.74 Å². The second kappa shape index (κ2) is 7.24. The average molecular weight is 199 g/mol. The van der Waals surface area contributed by atoms with Gasteiger partial charge in [-0.25, -0.2) is 0 Å². The van der Waals surface area contributed by atoms with Gasteiger partial charge in [-0.1, -0.05) is 26.2 Å². The van der Waals surface area contributed by atoms with E-state index in [9.17, 15) is 0 Å². The summed E-state index contributed by atoms with van der Waals surface area (Å²) in [6.45, 7) is 4.20. The van der Waals surface area contributed by atoms with Gasteiger partial charge in [0.05, 0.1) is 0 Å². The molecule has 0 aromatic carbocycles. The number of nitrogens with one attached hydrogen (secondary N) is 1. The van der Waals surface area contributed by atoms with Crippen molar-refractivity contribution in [2.24, 2.45) is 5.92 Å². The maximum atomic E-state index is 5.39. The third kappa shape index (κ3) is 3.97. The van der Waals surface area contributed by atoms with Crippen molar-refractivity contribution in [1.82, 2.24) is 5.32 Å². The number of hydrogen-bond acceptors (Lipinski definition) is 2. The molecule has 0 aromatic rings. The van der Waals surface area contributed by atoms with Crippen molar-refractivity contribution in [2.75, 3.05) is 20.3 Å². The fourth-order valence-corrected chi connectivity index (χ4v) is 2.35. The lowest BCUT2D eigenvalue weighted by atomic mass is 9.88. The summed E-state index contributed by atoms with van der Waals surface area (Å²) in [5.74, 6) is 0.852. The smallest absolute Gasteiger partial charge is 0.0469 e. The van der Waals surface area contributed by atoms with Gasteiger partial charge in [0.1, 0.15) is 0 Å². The lowest BCUT2D eigenvalue weighted by Crippen LogP contribution is -2.36. The zero-order valence-corrected chi connectivity index (χ0v) is 9.72. The maximum absolute atomic E-state index is 5.39. The summed E-state index contributed by atoms with van der Waals surface area (Å²) in [4.78, 5) is 0. The molecule has 14 heavy (non-hydrogen) atoms. The van der Waals surface area contributed by atoms with Gasteiger partial charge in [-0.3, -0.25) is 0 Å². The molecular formula is C12H25NO. The molecule has 0 bridgehead atoms. The second-order valence-corrected chi connectivity index (χ2v) is 4.34. The Bertz CT molecular complexity index is 132. The van der Waals surface area contributed by atoms with Crippen LogP contribution in [0.4, 0.5) is 0 Å². The maximum Gasteiger partial charge on any atom is 0.0469 e. The minimum absolute atomic E-state index is 0.727. The summed E-state index contributed by atoms with van der Waals surface area (Å²) in [7, 11) is 2.10. The predicted molar refractivity (Wildman–Crippen MR) is 60.5 cm³/mol. The van der Waals surface area contributed by atoms with Crippen molar-refractivity contribution in [3.63, 3.8) is 0 Å². The van der Waals surface area contributed by atoms with E-state index in [0.717, 1.165) is 25.2 Å². The van der Waals surface area contributed by atoms with E-state index in [-0.39, 0.29) is 0 Å². The Hall–Kier alpha value is -0.0800. The van der Waals surface area contributed by atoms with E-state index in [1.54, 1.807) is 0 Å². The molecule has 1 heterocycles. The van der Waals surface area contributed by atoms with Crippen LogP contribution in [0.15, 0.2) is 0 Å². The van der Waals surface area contributed by atoms with Gasteiger partial charge in [0.15, 0.2) is 0 Å². The van der Waals surface area contributed by atoms with Crippen LogP contribution in [0.5, 0.6) is 0 Å². The molecule has 0 amide bonds. The Balaban J connectivity index is 2.21. The SMILES string of the molecule is CCCCCC(NC)C1CCOCC1. The first kappa shape index (κ1) is 12.0. The van der Waals surface area contributed by atoms with Gasteiger partial charge in [0.2, 0.25) is 0 Å². The van der Waals surface area contributed by atoms with Crippen LogP contribution in [0.1, 0.15) is 45.4 Å². The van der Waals surface area contributed by atoms with Crippen molar-refractivity contribution >= 4 is 0 Å². The highest BCUT2D eigenvalue weighted by molar-refractivity contribution is 4.77. The minimum Gasteiger partial charge on any atom is -0.381 e. The van der Waals surface area contributed by atoms with Crippen molar-refractivity contribution in [1.29, 1.82) is 0 Å². The van der Waals surface area contributed by atoms with Gasteiger partial charge in [-0.05, 0) is 32.2 Å². The normalized spacial score (nSPS) is 21.0. The van der Waals surface area contributed by atoms with Crippen LogP contribution >= 0.6 is 0 Å². The Morgan fingerprint density at radius 2 is 2.00 bits per heavy atom. The molecule has 2 heteroatoms. The summed E-state index contributed by atoms with van der Waals surface area (Å²) < 4.78 is 5.39. The molecule has 1 aliphatic heterocycles. The molecule has 2 nitrogen and oxygen atoms in total. The molecule has 1 saturated heterocycles. The quantitative estimate of drug-likeness (QED) is 0.664. The van der Waals surface area contributed by atoms with Gasteiger partial charge in [-0.2, -0.15) is 0 Å². The minimum atomic E-state index is 0.727. The largest absolute Gasteiger partial charge is 0.381 e. The monoisotopic (exact) mass is 199 g/mol. The van der Waals surface area contributed by atoms with Gasteiger partial charge in [-0.15, -0.1) is 0 Å². The first-order chi connectivity index (χ1) is 6.88. The van der Waals surface area contributed by atoms with Gasteiger partial charge in [0.25, 0.3) is 0 Å². The molecule has 0 spiro atoms. The molecule has 84 valence electrons. The lowest BCUT2D eigenvalue weighted by Gasteiger charge is -2.30. The third-order valence-electron chi connectivity index (χ3n) is 3.32. The average Bonchev–Trinajstić information content (AvgIpc) is 2.26. The van der Waals surface area contributed by atoms with Crippen molar-refractivity contribution < 1.29 is 4.74 Å². The molecule has 0 aliphatic carbocycles. The molecule has 0 radical (unpaired) electrons. The molecular weight excluding hydrogens is 174 g/mol. The van der Waals surface area contributed by atoms with Gasteiger partial charge >= 0.3 is 0 Å². The summed E-state index contributed by atoms with van der Waals surface area (Å²) >= 11 is 0. The first-order valence-electron chi connectivity index (χ1n) is 6.13. The first-order valence-corrected chi connectivity index (χ1v) is 6.13. The summed E-state index contributed by atoms with van der Waals surface area (Å²) in [5, 5.41) is 3.48. The molecule has 1 N–H and O–H groups in total. The number of hydrogen-bond donors (Lipinski definition) is 1. The van der Waals surface area contributed by atoms with Crippen LogP contribution in [-0.4, -0.2) is 26.3 Å². The predicted octanol–water partition coefficient (Wildman–Crippen LogP) is 2.58. The molecule has 1 fully saturated rings. The van der Waals surface area contributed by atoms with E-state index in [1.165, 1.54) is 38.5 Å². The number of rotatable bonds is 6. The van der Waals surface area contributed by atoms with Crippen molar-refractivity contribution in [2.45, 2.75) is 51.5 Å². The van der Waals surface area contributed by atoms with E-state index in [1.807, 2.05) is 0 Å². The lowest BCUT2D eigenvalue weighted by molar-refractivity contribution is 0.0533. The van der Waals surface area contributed by atoms with E-state index in [0.29, 0.717) is 0 Å². The summed E-state index contributed by atoms with van der Waals surface area (Å²) in [6.07, 6.45) is 7.91. The summed E-state index contributed by atoms with van der Waals surface area (Å²) in [6, 6.07) is 0.727. The topological polar surface area (TPSA) is 21.3 Å². The van der Waals surface area contributed by atoms with Crippen LogP contribution in [0, 0.1) is 5.92 Å². The van der Waals surface area contributed by atoms with E-state index >= 15 is 0 Å². The summed E-state index contributed by atoms with van der Waals surface area (Å²) in [5.41, 5.74) is 0. The Labute approximate surface area is 88.4 Å². The Kier molecular flexibility index (Phi) is 6.20. The highest BCUT2D eigenvalue weighted by Gasteiger charge is 2.21. The molecule has 1 aliphatic rings. The zero-order valence-electron chi connectivity index (χ0n) is 9.72. The molecule has 1 rings (SSSR count). The van der Waals surface area contributed by atoms with Crippen LogP contribution in [-0.2, 0) is 4.74 Å². The van der Waals surface area contributed by atoms with Crippen LogP contribution in [0.25, 0.3) is 0 Å². The van der Waals surface area contributed by atoms with E-state index in [2.05, 4.69) is 19.3 Å². The highest BCUT2D eigenvalue weighted by Crippen LogP contribution is 2.22. The Morgan fingerprint density at radius 1 is 1.29 bits per heavy atom. The molecule has 0 aromatic heterocycles. The van der Waals surface area contributed by atoms with Gasteiger partial charge < -0.3 is 10.1 Å². The number of unbranched alkanes of at least 4 members (excludes halogenated alkanes) is 2. The van der Waals surface area contributed by atoms with E-state index < -0.39 is 0 Å². The van der Waals surface area contributed by atoms with Crippen molar-refractivity contribution in [3.05, 3.63) is 0 Å². The van der Waals surface area contributed by atoms with Crippen LogP contribution in [0.3, 0.4) is 0 Å². The third-order valence-corrected chi connectivity index (χ3v) is 3.32. The van der Waals surface area contributed by atoms with Crippen LogP contribution < -0.4 is 5.32 Å². The second-order valence-electron chi connectivity index (χ2n) is 4.34. The fourth-order valence-electron chi connectivity index (χ4n) is 2.35. The standard InChI is InChI=1S/C12H25NO/c1-3-4-5-6-12(13-2)11-7-9-14-10-8-11/h11-13H,3-10H2,1-2H3. The fraction of sp³-hybridized carbons (Fsp3) is 1.00. The molecule has 1 atom stereocenters. The van der Waals surface area contributed by atoms with Crippen LogP contribution in [0.2, 0.25) is 0 Å². The highest BCUT2D eigenvalue weighted by atomic mass is 16.5. The van der Waals surface area contributed by atoms with Gasteiger partial charge in [0, 0.05) is 19.3 Å².